The smallest absolute Gasteiger partial charge is 0.303 e. The normalized spacial score (nSPS) is 12.5. The molecule has 2 rings (SSSR count). The van der Waals surface area contributed by atoms with Gasteiger partial charge in [-0.05, 0) is 31.4 Å². The first kappa shape index (κ1) is 35.9. The number of ketones is 2. The zero-order chi connectivity index (χ0) is 33.2. The molecule has 2 aromatic rings. The number of amides is 2. The number of nitrogens with one attached hydrogen (secondary N) is 1. The molecule has 0 saturated heterocycles. The first-order valence-electron chi connectivity index (χ1n) is 13.3. The summed E-state index contributed by atoms with van der Waals surface area (Å²) in [5.41, 5.74) is 17.1. The Morgan fingerprint density at radius 1 is 1.02 bits per heavy atom. The van der Waals surface area contributed by atoms with Crippen molar-refractivity contribution in [3.05, 3.63) is 36.4 Å². The number of aliphatic imine (C=N–C) groups is 1. The molecule has 240 valence electrons. The number of hydrogen-bond donors (Lipinski definition) is 5. The number of guanidine groups is 1. The number of nitrogens with zero attached hydrogens (tertiary/aromatic N) is 3. The number of Topliss-reactive ketones (excluding diaryl/α,β-unsaturated/α-hetero) is 2. The highest BCUT2D eigenvalue weighted by Crippen LogP contribution is 2.33. The third kappa shape index (κ3) is 9.11. The summed E-state index contributed by atoms with van der Waals surface area (Å²) in [6, 6.07) is 6.13. The second-order valence-corrected chi connectivity index (χ2v) is 11.9. The van der Waals surface area contributed by atoms with Gasteiger partial charge in [-0.15, -0.1) is 11.6 Å². The van der Waals surface area contributed by atoms with Crippen LogP contribution in [0.2, 0.25) is 0 Å². The molecular weight excluding hydrogens is 618 g/mol. The second kappa shape index (κ2) is 16.0. The molecule has 0 bridgehead atoms. The Bertz CT molecular complexity index is 1540. The van der Waals surface area contributed by atoms with Crippen molar-refractivity contribution < 1.29 is 37.5 Å². The van der Waals surface area contributed by atoms with Gasteiger partial charge in [-0.25, -0.2) is 12.7 Å². The number of carboxylic acids is 1. The lowest BCUT2D eigenvalue weighted by Gasteiger charge is -2.30. The van der Waals surface area contributed by atoms with Crippen LogP contribution in [0.1, 0.15) is 25.7 Å². The van der Waals surface area contributed by atoms with Crippen LogP contribution in [0.3, 0.4) is 0 Å². The van der Waals surface area contributed by atoms with Crippen LogP contribution in [-0.2, 0) is 34.0 Å². The fraction of sp³-hybridized carbons (Fsp3) is 0.407. The van der Waals surface area contributed by atoms with Crippen LogP contribution in [0.4, 0.5) is 5.69 Å². The standard InChI is InChI=1S/C27H36ClN7O8S/c1-34(2)19-8-3-7-17-16(19)6-4-10-22(17)44(42,43)35(23(37)15-33-26(41)18(29)11-12-24(38)39)20(25(40)21(36)14-28)9-5-13-32-27(30)31/h3-4,6-8,10,18,20H,5,9,11-15,29H2,1-2H3,(H,33,41)(H,38,39)(H4,30,31,32)/t18-,20-/m0/s1. The minimum absolute atomic E-state index is 0.0179. The first-order valence-corrected chi connectivity index (χ1v) is 15.3. The SMILES string of the molecule is CN(C)c1cccc2c(S(=O)(=O)N(C(=O)CNC(=O)[C@@H](N)CCC(=O)O)[C@@H](CCCN=C(N)N)C(=O)C(=O)CCl)cccc12. The van der Waals surface area contributed by atoms with E-state index in [1.165, 1.54) is 18.2 Å². The van der Waals surface area contributed by atoms with Crippen LogP contribution in [0.25, 0.3) is 10.8 Å². The highest BCUT2D eigenvalue weighted by Gasteiger charge is 2.42. The van der Waals surface area contributed by atoms with E-state index < -0.39 is 70.3 Å². The topological polar surface area (TPSA) is 249 Å². The van der Waals surface area contributed by atoms with Gasteiger partial charge < -0.3 is 32.5 Å². The molecule has 2 amide bonds. The average molecular weight is 654 g/mol. The van der Waals surface area contributed by atoms with Crippen molar-refractivity contribution in [3.63, 3.8) is 0 Å². The fourth-order valence-electron chi connectivity index (χ4n) is 4.34. The van der Waals surface area contributed by atoms with Crippen LogP contribution in [0.5, 0.6) is 0 Å². The third-order valence-electron chi connectivity index (χ3n) is 6.46. The Morgan fingerprint density at radius 2 is 1.66 bits per heavy atom. The van der Waals surface area contributed by atoms with Crippen molar-refractivity contribution in [1.29, 1.82) is 0 Å². The predicted molar refractivity (Wildman–Crippen MR) is 165 cm³/mol. The number of hydrogen-bond acceptors (Lipinski definition) is 10. The first-order chi connectivity index (χ1) is 20.6. The van der Waals surface area contributed by atoms with Gasteiger partial charge in [0.1, 0.15) is 6.04 Å². The van der Waals surface area contributed by atoms with E-state index in [-0.39, 0.29) is 46.4 Å². The summed E-state index contributed by atoms with van der Waals surface area (Å²) >= 11 is 5.63. The van der Waals surface area contributed by atoms with E-state index in [9.17, 15) is 32.4 Å². The van der Waals surface area contributed by atoms with Crippen LogP contribution in [0.15, 0.2) is 46.3 Å². The zero-order valence-electron chi connectivity index (χ0n) is 24.2. The summed E-state index contributed by atoms with van der Waals surface area (Å²) in [6.07, 6.45) is -1.05. The summed E-state index contributed by atoms with van der Waals surface area (Å²) < 4.78 is 29.0. The Labute approximate surface area is 259 Å². The molecule has 0 unspecified atom stereocenters. The number of fused-ring (bicyclic) bond motifs is 1. The van der Waals surface area contributed by atoms with Crippen molar-refractivity contribution in [2.75, 3.05) is 38.0 Å². The van der Waals surface area contributed by atoms with Gasteiger partial charge in [0.15, 0.2) is 5.96 Å². The van der Waals surface area contributed by atoms with E-state index in [1.54, 1.807) is 37.2 Å². The fourth-order valence-corrected chi connectivity index (χ4v) is 6.26. The van der Waals surface area contributed by atoms with Gasteiger partial charge in [-0.2, -0.15) is 0 Å². The van der Waals surface area contributed by atoms with Crippen molar-refractivity contribution in [2.45, 2.75) is 42.7 Å². The number of sulfonamides is 1. The molecule has 0 radical (unpaired) electrons. The number of carbonyl (C=O) groups excluding carboxylic acids is 4. The minimum Gasteiger partial charge on any atom is -0.481 e. The summed E-state index contributed by atoms with van der Waals surface area (Å²) in [7, 11) is -1.37. The number of alkyl halides is 1. The maximum absolute atomic E-state index is 14.3. The van der Waals surface area contributed by atoms with Crippen LogP contribution >= 0.6 is 11.6 Å². The van der Waals surface area contributed by atoms with Gasteiger partial charge in [0.25, 0.3) is 15.9 Å². The maximum Gasteiger partial charge on any atom is 0.303 e. The summed E-state index contributed by atoms with van der Waals surface area (Å²) in [4.78, 5) is 68.0. The quantitative estimate of drug-likeness (QED) is 0.0478. The molecule has 2 atom stereocenters. The van der Waals surface area contributed by atoms with Gasteiger partial charge in [0.05, 0.1) is 23.4 Å². The molecule has 0 aromatic heterocycles. The molecule has 2 aromatic carbocycles. The van der Waals surface area contributed by atoms with E-state index in [4.69, 9.17) is 33.9 Å². The van der Waals surface area contributed by atoms with E-state index in [2.05, 4.69) is 10.3 Å². The summed E-state index contributed by atoms with van der Waals surface area (Å²) in [6.45, 7) is -1.00. The van der Waals surface area contributed by atoms with Gasteiger partial charge in [0, 0.05) is 43.5 Å². The van der Waals surface area contributed by atoms with E-state index >= 15 is 0 Å². The minimum atomic E-state index is -4.89. The van der Waals surface area contributed by atoms with Gasteiger partial charge >= 0.3 is 5.97 Å². The molecule has 8 N–H and O–H groups in total. The Balaban J connectivity index is 2.67. The van der Waals surface area contributed by atoms with Gasteiger partial charge in [-0.1, -0.05) is 24.3 Å². The second-order valence-electron chi connectivity index (χ2n) is 9.86. The lowest BCUT2D eigenvalue weighted by molar-refractivity contribution is -0.141. The Morgan fingerprint density at radius 3 is 2.25 bits per heavy atom. The number of aliphatic carboxylic acids is 1. The molecular formula is C27H36ClN7O8S. The van der Waals surface area contributed by atoms with Crippen molar-refractivity contribution in [2.24, 2.45) is 22.2 Å². The molecule has 0 spiro atoms. The zero-order valence-corrected chi connectivity index (χ0v) is 25.8. The number of carbonyl (C=O) groups is 5. The number of nitrogens with two attached hydrogens (primary N) is 3. The lowest BCUT2D eigenvalue weighted by Crippen LogP contribution is -2.54. The highest BCUT2D eigenvalue weighted by atomic mass is 35.5. The van der Waals surface area contributed by atoms with E-state index in [0.717, 1.165) is 0 Å². The van der Waals surface area contributed by atoms with Crippen LogP contribution < -0.4 is 27.4 Å². The van der Waals surface area contributed by atoms with Crippen molar-refractivity contribution >= 4 is 73.4 Å². The molecule has 0 saturated carbocycles. The molecule has 44 heavy (non-hydrogen) atoms. The van der Waals surface area contributed by atoms with Gasteiger partial charge in [0.2, 0.25) is 17.5 Å². The van der Waals surface area contributed by atoms with Gasteiger partial charge in [-0.3, -0.25) is 29.0 Å². The molecule has 17 heteroatoms. The summed E-state index contributed by atoms with van der Waals surface area (Å²) in [5, 5.41) is 11.8. The third-order valence-corrected chi connectivity index (χ3v) is 8.59. The lowest BCUT2D eigenvalue weighted by atomic mass is 10.0. The van der Waals surface area contributed by atoms with Crippen molar-refractivity contribution in [3.8, 4) is 0 Å². The molecule has 0 heterocycles. The summed E-state index contributed by atoms with van der Waals surface area (Å²) in [5.74, 6) is -6.81. The molecule has 0 aliphatic rings. The maximum atomic E-state index is 14.3. The number of rotatable bonds is 17. The Hall–Kier alpha value is -4.28. The van der Waals surface area contributed by atoms with E-state index in [0.29, 0.717) is 11.1 Å². The average Bonchev–Trinajstić information content (AvgIpc) is 2.97. The number of anilines is 1. The van der Waals surface area contributed by atoms with Crippen LogP contribution in [-0.4, -0.2) is 98.3 Å². The largest absolute Gasteiger partial charge is 0.481 e. The van der Waals surface area contributed by atoms with Crippen LogP contribution in [0, 0.1) is 0 Å². The molecule has 0 fully saturated rings. The number of carboxylic acid groups (broad SMARTS) is 1. The molecule has 0 aliphatic heterocycles. The van der Waals surface area contributed by atoms with E-state index in [1.807, 2.05) is 0 Å². The Kier molecular flexibility index (Phi) is 13.0. The number of benzene rings is 2. The molecule has 15 nitrogen and oxygen atoms in total. The number of halogens is 1. The highest BCUT2D eigenvalue weighted by molar-refractivity contribution is 7.90. The van der Waals surface area contributed by atoms with Crippen molar-refractivity contribution in [1.82, 2.24) is 9.62 Å². The predicted octanol–water partition coefficient (Wildman–Crippen LogP) is -0.469. The molecule has 0 aliphatic carbocycles. The monoisotopic (exact) mass is 653 g/mol.